The van der Waals surface area contributed by atoms with E-state index in [1.54, 1.807) is 0 Å². The molecular weight excluding hydrogens is 1650 g/mol. The third-order valence-electron chi connectivity index (χ3n) is 27.0. The summed E-state index contributed by atoms with van der Waals surface area (Å²) in [6, 6.07) is 181. The van der Waals surface area contributed by atoms with Crippen LogP contribution >= 0.6 is 11.3 Å². The van der Waals surface area contributed by atoms with Crippen molar-refractivity contribution < 1.29 is 4.42 Å². The van der Waals surface area contributed by atoms with Gasteiger partial charge in [0.2, 0.25) is 0 Å². The summed E-state index contributed by atoms with van der Waals surface area (Å²) in [6.45, 7) is 0. The highest BCUT2D eigenvalue weighted by atomic mass is 32.1. The van der Waals surface area contributed by atoms with Gasteiger partial charge in [0, 0.05) is 102 Å². The van der Waals surface area contributed by atoms with Crippen molar-refractivity contribution in [3.63, 3.8) is 0 Å². The quantitative estimate of drug-likeness (QED) is 0.103. The molecule has 0 atom stereocenters. The van der Waals surface area contributed by atoms with Crippen molar-refractivity contribution in [2.24, 2.45) is 0 Å². The summed E-state index contributed by atoms with van der Waals surface area (Å²) in [5.74, 6) is 0. The highest BCUT2D eigenvalue weighted by molar-refractivity contribution is 7.26. The molecule has 0 N–H and O–H groups in total. The molecule has 0 bridgehead atoms. The fourth-order valence-electron chi connectivity index (χ4n) is 20.9. The number of furan rings is 1. The maximum Gasteiger partial charge on any atom is 0.143 e. The number of para-hydroxylation sites is 10. The van der Waals surface area contributed by atoms with Crippen LogP contribution in [-0.2, 0) is 0 Å². The Hall–Kier alpha value is -17.6. The summed E-state index contributed by atoms with van der Waals surface area (Å²) < 4.78 is 18.9. The van der Waals surface area contributed by atoms with Crippen LogP contribution in [0.15, 0.2) is 502 Å². The minimum absolute atomic E-state index is 0.894. The van der Waals surface area contributed by atoms with Gasteiger partial charge in [-0.05, 0) is 196 Å². The Morgan fingerprint density at radius 1 is 0.172 bits per heavy atom. The number of hydrogen-bond acceptors (Lipinski definition) is 4. The van der Waals surface area contributed by atoms with E-state index in [-0.39, 0.29) is 0 Å². The van der Waals surface area contributed by atoms with Gasteiger partial charge in [-0.15, -0.1) is 11.3 Å². The number of rotatable bonds is 15. The zero-order valence-electron chi connectivity index (χ0n) is 72.8. The van der Waals surface area contributed by atoms with Gasteiger partial charge in [0.05, 0.1) is 78.3 Å². The second-order valence-corrected chi connectivity index (χ2v) is 35.7. The molecule has 7 nitrogen and oxygen atoms in total. The van der Waals surface area contributed by atoms with E-state index in [1.807, 2.05) is 23.5 Å². The number of fused-ring (bicyclic) bond motifs is 18. The van der Waals surface area contributed by atoms with E-state index < -0.39 is 0 Å². The molecule has 27 aromatic rings. The largest absolute Gasteiger partial charge is 0.455 e. The number of benzene rings is 21. The van der Waals surface area contributed by atoms with Crippen molar-refractivity contribution in [3.05, 3.63) is 497 Å². The van der Waals surface area contributed by atoms with Gasteiger partial charge in [-0.2, -0.15) is 0 Å². The Morgan fingerprint density at radius 2 is 0.425 bits per heavy atom. The lowest BCUT2D eigenvalue weighted by molar-refractivity contribution is 0.670. The standard InChI is InChI=1S/C66H43N3O.C60H39N3S/c1-2-15-44(16-3-1)45-29-31-46(32-30-45)47-33-37-49(38-34-47)67(50-39-35-48(36-40-50)54-22-14-23-60-59-21-8-13-28-65(59)70-66(54)60)51-41-52(68-61-24-9-4-17-55(61)56-18-5-10-25-62(56)68)43-53(42-51)69-63-26-11-6-19-57(63)58-20-7-12-27-64(58)69;1-2-15-40(16-3-1)41-29-33-43(34-30-41)61(44-35-31-42(32-36-44)48-22-14-23-54-53-21-8-13-28-59(53)64-60(48)54)45-37-46(62-55-24-9-4-17-49(55)50-18-5-10-25-56(50)62)39-47(38-45)63-57-26-11-6-19-51(57)52-20-7-12-27-58(52)63/h1-43H;1-39H. The summed E-state index contributed by atoms with van der Waals surface area (Å²) in [4.78, 5) is 4.83. The molecule has 0 aliphatic heterocycles. The normalized spacial score (nSPS) is 11.7. The molecule has 0 fully saturated rings. The van der Waals surface area contributed by atoms with Crippen LogP contribution < -0.4 is 9.80 Å². The van der Waals surface area contributed by atoms with Gasteiger partial charge in [-0.25, -0.2) is 0 Å². The fraction of sp³-hybridized carbons (Fsp3) is 0. The van der Waals surface area contributed by atoms with E-state index in [0.717, 1.165) is 118 Å². The predicted molar refractivity (Wildman–Crippen MR) is 567 cm³/mol. The third-order valence-corrected chi connectivity index (χ3v) is 28.2. The Kier molecular flexibility index (Phi) is 18.7. The van der Waals surface area contributed by atoms with Crippen molar-refractivity contribution in [2.45, 2.75) is 0 Å². The second kappa shape index (κ2) is 32.3. The zero-order chi connectivity index (χ0) is 88.3. The van der Waals surface area contributed by atoms with Crippen LogP contribution in [0.4, 0.5) is 34.1 Å². The topological polar surface area (TPSA) is 39.3 Å². The molecule has 0 saturated carbocycles. The molecular formula is C126H82N6OS. The van der Waals surface area contributed by atoms with E-state index >= 15 is 0 Å². The van der Waals surface area contributed by atoms with Crippen molar-refractivity contribution in [2.75, 3.05) is 9.80 Å². The first-order valence-corrected chi connectivity index (χ1v) is 46.6. The van der Waals surface area contributed by atoms with Crippen LogP contribution in [0.3, 0.4) is 0 Å². The van der Waals surface area contributed by atoms with Crippen molar-refractivity contribution in [1.29, 1.82) is 0 Å². The van der Waals surface area contributed by atoms with Gasteiger partial charge in [-0.1, -0.05) is 352 Å². The Morgan fingerprint density at radius 3 is 0.776 bits per heavy atom. The summed E-state index contributed by atoms with van der Waals surface area (Å²) in [7, 11) is 0. The number of hydrogen-bond donors (Lipinski definition) is 0. The van der Waals surface area contributed by atoms with Crippen molar-refractivity contribution >= 4 is 175 Å². The molecule has 0 aliphatic rings. The van der Waals surface area contributed by atoms with Crippen molar-refractivity contribution in [3.8, 4) is 78.4 Å². The SMILES string of the molecule is c1ccc(-c2ccc(-c3ccc(N(c4ccc(-c5cccc6c5oc5ccccc56)cc4)c4cc(-n5c6ccccc6c6ccccc65)cc(-n5c6ccccc6c6ccccc65)c4)cc3)cc2)cc1.c1ccc(-c2ccc(N(c3ccc(-c4cccc5c4sc4ccccc45)cc3)c3cc(-n4c5ccccc5c5ccccc54)cc(-n4c5ccccc5c5ccccc54)c3)cc2)cc1. The molecule has 628 valence electrons. The highest BCUT2D eigenvalue weighted by Gasteiger charge is 2.26. The Bertz CT molecular complexity index is 8760. The number of thiophene rings is 1. The van der Waals surface area contributed by atoms with E-state index in [2.05, 4.69) is 513 Å². The number of aromatic nitrogens is 4. The molecule has 0 radical (unpaired) electrons. The van der Waals surface area contributed by atoms with Crippen LogP contribution in [-0.4, -0.2) is 18.3 Å². The molecule has 0 aliphatic carbocycles. The molecule has 21 aromatic carbocycles. The van der Waals surface area contributed by atoms with Gasteiger partial charge in [0.1, 0.15) is 11.2 Å². The van der Waals surface area contributed by atoms with Crippen LogP contribution in [0.1, 0.15) is 0 Å². The van der Waals surface area contributed by atoms with E-state index in [4.69, 9.17) is 4.42 Å². The monoisotopic (exact) mass is 1730 g/mol. The molecule has 0 amide bonds. The molecule has 6 heterocycles. The highest BCUT2D eigenvalue weighted by Crippen LogP contribution is 2.49. The Balaban J connectivity index is 0.000000140. The summed E-state index contributed by atoms with van der Waals surface area (Å²) in [5.41, 5.74) is 33.5. The average Bonchev–Trinajstić information content (AvgIpc) is 1.57. The minimum atomic E-state index is 0.894. The van der Waals surface area contributed by atoms with Gasteiger partial charge in [0.15, 0.2) is 0 Å². The van der Waals surface area contributed by atoms with Gasteiger partial charge in [0.25, 0.3) is 0 Å². The first-order chi connectivity index (χ1) is 66.5. The molecule has 27 rings (SSSR count). The molecule has 0 unspecified atom stereocenters. The zero-order valence-corrected chi connectivity index (χ0v) is 73.7. The number of anilines is 6. The summed E-state index contributed by atoms with van der Waals surface area (Å²) in [6.07, 6.45) is 0. The third kappa shape index (κ3) is 13.2. The lowest BCUT2D eigenvalue weighted by atomic mass is 10.00. The molecule has 134 heavy (non-hydrogen) atoms. The molecule has 6 aromatic heterocycles. The maximum absolute atomic E-state index is 6.54. The summed E-state index contributed by atoms with van der Waals surface area (Å²) >= 11 is 1.88. The lowest BCUT2D eigenvalue weighted by Crippen LogP contribution is -2.12. The molecule has 0 saturated heterocycles. The van der Waals surface area contributed by atoms with Gasteiger partial charge in [-0.3, -0.25) is 0 Å². The average molecular weight is 1730 g/mol. The van der Waals surface area contributed by atoms with Gasteiger partial charge < -0.3 is 32.5 Å². The van der Waals surface area contributed by atoms with E-state index in [1.165, 1.54) is 124 Å². The predicted octanol–water partition coefficient (Wildman–Crippen LogP) is 35.3. The lowest BCUT2D eigenvalue weighted by Gasteiger charge is -2.28. The van der Waals surface area contributed by atoms with Crippen LogP contribution in [0, 0.1) is 0 Å². The second-order valence-electron chi connectivity index (χ2n) is 34.6. The molecule has 8 heteroatoms. The van der Waals surface area contributed by atoms with Crippen molar-refractivity contribution in [1.82, 2.24) is 18.3 Å². The smallest absolute Gasteiger partial charge is 0.143 e. The first-order valence-electron chi connectivity index (χ1n) is 45.7. The minimum Gasteiger partial charge on any atom is -0.455 e. The first kappa shape index (κ1) is 77.6. The number of nitrogens with zero attached hydrogens (tertiary/aromatic N) is 6. The van der Waals surface area contributed by atoms with Crippen LogP contribution in [0.25, 0.3) is 208 Å². The Labute approximate surface area is 777 Å². The van der Waals surface area contributed by atoms with Crippen LogP contribution in [0.5, 0.6) is 0 Å². The fourth-order valence-corrected chi connectivity index (χ4v) is 22.1. The summed E-state index contributed by atoms with van der Waals surface area (Å²) in [5, 5.41) is 14.7. The molecule has 0 spiro atoms. The van der Waals surface area contributed by atoms with E-state index in [0.29, 0.717) is 0 Å². The van der Waals surface area contributed by atoms with Gasteiger partial charge >= 0.3 is 0 Å². The van der Waals surface area contributed by atoms with E-state index in [9.17, 15) is 0 Å². The maximum atomic E-state index is 6.54. The van der Waals surface area contributed by atoms with Crippen LogP contribution in [0.2, 0.25) is 0 Å².